The van der Waals surface area contributed by atoms with Crippen LogP contribution in [0.5, 0.6) is 5.75 Å². The van der Waals surface area contributed by atoms with Gasteiger partial charge in [-0.15, -0.1) is 0 Å². The summed E-state index contributed by atoms with van der Waals surface area (Å²) in [7, 11) is 9.20. The Hall–Kier alpha value is -18.2. The molecule has 0 radical (unpaired) electrons. The molecule has 0 atom stereocenters. The Labute approximate surface area is 876 Å². The summed E-state index contributed by atoms with van der Waals surface area (Å²) in [6, 6.07) is 149. The average molecular weight is 1950 g/mol. The number of aryl methyl sites for hydroxylation is 2. The molecule has 19 aromatic carbocycles. The van der Waals surface area contributed by atoms with Gasteiger partial charge in [0, 0.05) is 150 Å². The normalized spacial score (nSPS) is 10.7. The van der Waals surface area contributed by atoms with Gasteiger partial charge in [0.25, 0.3) is 0 Å². The van der Waals surface area contributed by atoms with Gasteiger partial charge in [-0.25, -0.2) is 0 Å². The quantitative estimate of drug-likeness (QED) is 0.0401. The van der Waals surface area contributed by atoms with Crippen molar-refractivity contribution in [3.63, 3.8) is 0 Å². The molecule has 0 aliphatic carbocycles. The molecule has 149 heavy (non-hydrogen) atoms. The van der Waals surface area contributed by atoms with Gasteiger partial charge >= 0.3 is 0 Å². The van der Waals surface area contributed by atoms with Gasteiger partial charge in [0.1, 0.15) is 5.75 Å². The minimum atomic E-state index is -1.22. The number of nitrogens with one attached hydrogen (secondary N) is 3. The first kappa shape index (κ1) is 105. The van der Waals surface area contributed by atoms with Crippen LogP contribution in [-0.4, -0.2) is 73.4 Å². The number of para-hydroxylation sites is 4. The fraction of sp³-hybridized carbons (Fsp3) is 0.110. The van der Waals surface area contributed by atoms with E-state index in [1.807, 2.05) is 172 Å². The topological polar surface area (TPSA) is 142 Å². The number of anilines is 13. The Kier molecular flexibility index (Phi) is 34.8. The molecule has 0 aliphatic heterocycles. The van der Waals surface area contributed by atoms with Crippen molar-refractivity contribution >= 4 is 156 Å². The number of methoxy groups -OCH3 is 1. The van der Waals surface area contributed by atoms with Crippen molar-refractivity contribution in [3.8, 4) is 5.75 Å². The summed E-state index contributed by atoms with van der Waals surface area (Å²) in [6.45, 7) is 33.2. The molecule has 19 rings (SSSR count). The Balaban J connectivity index is 0.000000149. The van der Waals surface area contributed by atoms with Gasteiger partial charge in [0.05, 0.1) is 19.0 Å². The second-order valence-electron chi connectivity index (χ2n) is 36.5. The van der Waals surface area contributed by atoms with E-state index in [-0.39, 0.29) is 18.6 Å². The summed E-state index contributed by atoms with van der Waals surface area (Å²) < 4.78 is 5.33. The summed E-state index contributed by atoms with van der Waals surface area (Å²) in [6.07, 6.45) is 0. The van der Waals surface area contributed by atoms with E-state index in [9.17, 15) is 19.8 Å². The fourth-order valence-corrected chi connectivity index (χ4v) is 19.2. The molecule has 13 heteroatoms. The van der Waals surface area contributed by atoms with Crippen LogP contribution in [0.3, 0.4) is 0 Å². The maximum Gasteiger partial charge on any atom is 0.119 e. The number of benzene rings is 19. The Morgan fingerprint density at radius 3 is 0.973 bits per heavy atom. The predicted octanol–water partition coefficient (Wildman–Crippen LogP) is 24.0. The molecule has 744 valence electrons. The van der Waals surface area contributed by atoms with Crippen LogP contribution in [0.4, 0.5) is 73.9 Å². The molecular weight excluding hydrogens is 1830 g/mol. The van der Waals surface area contributed by atoms with Crippen LogP contribution in [-0.2, 0) is 0 Å². The van der Waals surface area contributed by atoms with E-state index in [0.29, 0.717) is 16.8 Å². The molecule has 0 saturated carbocycles. The number of carbonyl (C=O) groups excluding carboxylic acids is 2. The van der Waals surface area contributed by atoms with Crippen LogP contribution in [0.15, 0.2) is 437 Å². The number of nitrogens with zero attached hydrogens (tertiary/aromatic N) is 5. The number of hydrogen-bond donors (Lipinski definition) is 3. The molecule has 0 aromatic heterocycles. The Morgan fingerprint density at radius 1 is 0.282 bits per heavy atom. The van der Waals surface area contributed by atoms with Crippen molar-refractivity contribution in [1.82, 2.24) is 0 Å². The van der Waals surface area contributed by atoms with Crippen LogP contribution >= 0.6 is 0 Å². The number of fused-ring (bicyclic) bond motifs is 2. The summed E-state index contributed by atoms with van der Waals surface area (Å²) >= 11 is 0. The van der Waals surface area contributed by atoms with E-state index in [1.165, 1.54) is 82.2 Å². The number of carboxylic acid groups (broad SMARTS) is 2. The van der Waals surface area contributed by atoms with Crippen LogP contribution in [0.25, 0.3) is 70.2 Å². The molecule has 0 saturated heterocycles. The van der Waals surface area contributed by atoms with Crippen molar-refractivity contribution in [2.45, 2.75) is 41.5 Å². The third kappa shape index (κ3) is 24.6. The van der Waals surface area contributed by atoms with E-state index >= 15 is 0 Å². The SMILES string of the molecule is C=c1ccc(=C(c2ccc(N(CC)CC)cc2)c2ccc(N(C)C)cc2C(=O)[O-])cc1.C=c1ccc(=C(c2ccc(N(CC)CC)cc2C)c2ccc(Nc3ccc(OC)cc3)c3ccccc23)cc1.C=c1ccc(=C(c2ccc(N(c3ccccc3)c3ccccc3)cc2)c2ccc(NC)cc2C(=O)[O-])cc1.C=c1ccc(=C(c2ccc(N(c3ccccc3)c3ccccc3)cc2C)c2ccc(NC)c3ccccc23)cc1.[CH3-]. The third-order valence-electron chi connectivity index (χ3n) is 26.9. The highest BCUT2D eigenvalue weighted by atomic mass is 16.5. The first-order valence-electron chi connectivity index (χ1n) is 50.2. The van der Waals surface area contributed by atoms with Gasteiger partial charge in [-0.2, -0.15) is 0 Å². The molecule has 19 aromatic rings. The van der Waals surface area contributed by atoms with E-state index < -0.39 is 11.9 Å². The maximum atomic E-state index is 12.2. The molecule has 0 unspecified atom stereocenters. The van der Waals surface area contributed by atoms with Gasteiger partial charge in [-0.3, -0.25) is 0 Å². The van der Waals surface area contributed by atoms with Crippen molar-refractivity contribution in [1.29, 1.82) is 0 Å². The predicted molar refractivity (Wildman–Crippen MR) is 629 cm³/mol. The van der Waals surface area contributed by atoms with E-state index in [0.717, 1.165) is 148 Å². The van der Waals surface area contributed by atoms with Crippen molar-refractivity contribution in [2.24, 2.45) is 0 Å². The molecule has 0 spiro atoms. The lowest BCUT2D eigenvalue weighted by Crippen LogP contribution is -2.25. The monoisotopic (exact) mass is 1950 g/mol. The average Bonchev–Trinajstić information content (AvgIpc) is 0.762. The van der Waals surface area contributed by atoms with Gasteiger partial charge in [-0.1, -0.05) is 305 Å². The summed E-state index contributed by atoms with van der Waals surface area (Å²) in [5.41, 5.74) is 28.4. The van der Waals surface area contributed by atoms with Gasteiger partial charge in [-0.05, 0) is 330 Å². The van der Waals surface area contributed by atoms with Crippen LogP contribution < -0.4 is 97.1 Å². The zero-order valence-electron chi connectivity index (χ0n) is 87.0. The van der Waals surface area contributed by atoms with Gasteiger partial charge < -0.3 is 72.4 Å². The fourth-order valence-electron chi connectivity index (χ4n) is 19.2. The van der Waals surface area contributed by atoms with Gasteiger partial charge in [0.2, 0.25) is 0 Å². The number of rotatable bonds is 28. The molecular formula is C136H127N8O5-3. The summed E-state index contributed by atoms with van der Waals surface area (Å²) in [5, 5.41) is 47.1. The largest absolute Gasteiger partial charge is 0.545 e. The molecule has 0 bridgehead atoms. The zero-order valence-corrected chi connectivity index (χ0v) is 87.0. The molecule has 0 aliphatic rings. The third-order valence-corrected chi connectivity index (χ3v) is 26.9. The molecule has 13 nitrogen and oxygen atoms in total. The highest BCUT2D eigenvalue weighted by molar-refractivity contribution is 6.07. The smallest absolute Gasteiger partial charge is 0.119 e. The second-order valence-corrected chi connectivity index (χ2v) is 36.5. The summed E-state index contributed by atoms with van der Waals surface area (Å²) in [5.74, 6) is -1.57. The minimum absolute atomic E-state index is 0. The van der Waals surface area contributed by atoms with E-state index in [1.54, 1.807) is 26.3 Å². The lowest BCUT2D eigenvalue weighted by molar-refractivity contribution is -0.256. The standard InChI is InChI=1S/C38H32N2.C36H36N2O.C34H28N2O2.C27H30N2O2.CH3/c1-27-18-20-29(21-19-27)38(36-24-25-37(39-3)35-17-11-10-16-34(35)36)33-23-22-32(26-28(33)2)40(30-12-6-4-7-13-30)31-14-8-5-9-15-31;1-6-38(7-2)29-18-21-31(26(4)24-29)36(27-14-12-25(3)13-15-27)34-22-23-35(33-11-9-8-10-32(33)34)37-28-16-19-30(39-5)20-17-28;1-24-13-15-25(16-14-24)33(31-22-19-27(35-2)23-32(31)34(37)38)26-17-20-30(21-18-26)36(28-9-5-3-6-10-28)29-11-7-4-8-12-29;1-6-29(7-2)22-14-12-21(13-15-22)26(20-10-8-19(3)9-11-20)24-17-16-23(28(4)5)18-25(24)27(30)31;/h4-26,39H,1H2,2-3H3;8-24,37H,3,6-7H2,1-2,4-5H3;3-23,35H,1H2,2H3,(H,37,38);8-18H,3,6-7H2,1-2,4-5H3,(H,30,31);1H3/q;;;;-1/p-2. The van der Waals surface area contributed by atoms with Crippen LogP contribution in [0.2, 0.25) is 0 Å². The zero-order chi connectivity index (χ0) is 104. The second kappa shape index (κ2) is 49.4. The van der Waals surface area contributed by atoms with Crippen LogP contribution in [0.1, 0.15) is 104 Å². The van der Waals surface area contributed by atoms with E-state index in [4.69, 9.17) is 4.74 Å². The van der Waals surface area contributed by atoms with Crippen molar-refractivity contribution in [3.05, 3.63) is 553 Å². The number of carboxylic acids is 2. The summed E-state index contributed by atoms with van der Waals surface area (Å²) in [4.78, 5) is 35.3. The Bertz CT molecular complexity index is 8280. The molecule has 0 fully saturated rings. The van der Waals surface area contributed by atoms with Crippen molar-refractivity contribution < 1.29 is 24.5 Å². The minimum Gasteiger partial charge on any atom is -0.545 e. The van der Waals surface area contributed by atoms with Crippen molar-refractivity contribution in [2.75, 3.05) is 102 Å². The maximum absolute atomic E-state index is 12.2. The highest BCUT2D eigenvalue weighted by Crippen LogP contribution is 2.43. The number of aromatic carboxylic acids is 2. The number of ether oxygens (including phenoxy) is 1. The lowest BCUT2D eigenvalue weighted by Gasteiger charge is -2.26. The molecule has 0 heterocycles. The van der Waals surface area contributed by atoms with Gasteiger partial charge in [0.15, 0.2) is 0 Å². The van der Waals surface area contributed by atoms with Crippen LogP contribution in [0, 0.1) is 21.3 Å². The highest BCUT2D eigenvalue weighted by Gasteiger charge is 2.24. The Morgan fingerprint density at radius 2 is 0.591 bits per heavy atom. The molecule has 3 N–H and O–H groups in total. The lowest BCUT2D eigenvalue weighted by atomic mass is 9.88. The first-order chi connectivity index (χ1) is 72.0. The number of hydrogen-bond acceptors (Lipinski definition) is 13. The van der Waals surface area contributed by atoms with E-state index in [2.05, 4.69) is 382 Å². The molecule has 0 amide bonds. The first-order valence-corrected chi connectivity index (χ1v) is 50.2. The number of carbonyl (C=O) groups is 2.